The number of aromatic nitrogens is 1. The number of aryl methyl sites for hydroxylation is 1. The van der Waals surface area contributed by atoms with Gasteiger partial charge in [-0.3, -0.25) is 0 Å². The molecule has 0 unspecified atom stereocenters. The lowest BCUT2D eigenvalue weighted by atomic mass is 10.1. The van der Waals surface area contributed by atoms with Crippen molar-refractivity contribution in [3.63, 3.8) is 0 Å². The molecule has 27 heavy (non-hydrogen) atoms. The molecule has 9 heteroatoms. The predicted molar refractivity (Wildman–Crippen MR) is 92.9 cm³/mol. The summed E-state index contributed by atoms with van der Waals surface area (Å²) in [5, 5.41) is 2.32. The van der Waals surface area contributed by atoms with E-state index in [9.17, 15) is 13.2 Å². The number of benzene rings is 2. The Morgan fingerprint density at radius 1 is 1.04 bits per heavy atom. The van der Waals surface area contributed by atoms with E-state index in [1.54, 1.807) is 7.11 Å². The van der Waals surface area contributed by atoms with E-state index < -0.39 is 15.6 Å². The normalized spacial score (nSPS) is 11.6. The molecule has 0 radical (unpaired) electrons. The van der Waals surface area contributed by atoms with Crippen LogP contribution in [-0.4, -0.2) is 25.6 Å². The molecule has 0 spiro atoms. The molecule has 1 heterocycles. The smallest absolute Gasteiger partial charge is 0.485 e. The van der Waals surface area contributed by atoms with Gasteiger partial charge in [-0.2, -0.15) is 13.2 Å². The van der Waals surface area contributed by atoms with Crippen molar-refractivity contribution in [3.8, 4) is 17.0 Å². The fourth-order valence-electron chi connectivity index (χ4n) is 2.41. The molecule has 144 valence electrons. The van der Waals surface area contributed by atoms with E-state index >= 15 is 0 Å². The number of halogens is 3. The number of ether oxygens (including phenoxy) is 1. The van der Waals surface area contributed by atoms with Crippen LogP contribution in [0.2, 0.25) is 0 Å². The van der Waals surface area contributed by atoms with Gasteiger partial charge in [-0.05, 0) is 23.6 Å². The summed E-state index contributed by atoms with van der Waals surface area (Å²) in [6.45, 7) is 0. The predicted octanol–water partition coefficient (Wildman–Crippen LogP) is 3.39. The van der Waals surface area contributed by atoms with Gasteiger partial charge < -0.3 is 9.29 Å². The Bertz CT molecular complexity index is 1040. The molecule has 1 aromatic heterocycles. The summed E-state index contributed by atoms with van der Waals surface area (Å²) in [5.74, 6) is 0.910. The molecule has 0 fully saturated rings. The zero-order valence-electron chi connectivity index (χ0n) is 14.4. The molecular formula is C18H16F3NO4S. The summed E-state index contributed by atoms with van der Waals surface area (Å²) in [4.78, 5) is 0. The maximum Gasteiger partial charge on any atom is 0.485 e. The second kappa shape index (κ2) is 7.93. The fraction of sp³-hybridized carbons (Fsp3) is 0.167. The van der Waals surface area contributed by atoms with Crippen LogP contribution in [0, 0.1) is 0 Å². The second-order valence-electron chi connectivity index (χ2n) is 5.50. The first-order valence-corrected chi connectivity index (χ1v) is 8.99. The van der Waals surface area contributed by atoms with Crippen molar-refractivity contribution in [1.82, 2.24) is 0 Å². The van der Waals surface area contributed by atoms with Crippen molar-refractivity contribution < 1.29 is 35.4 Å². The quantitative estimate of drug-likeness (QED) is 0.376. The van der Waals surface area contributed by atoms with Gasteiger partial charge in [0.25, 0.3) is 0 Å². The Hall–Kier alpha value is -2.65. The maximum atomic E-state index is 10.7. The van der Waals surface area contributed by atoms with Crippen LogP contribution in [0.25, 0.3) is 22.0 Å². The number of methoxy groups -OCH3 is 1. The molecule has 3 rings (SSSR count). The lowest BCUT2D eigenvalue weighted by Gasteiger charge is -2.08. The molecule has 0 bridgehead atoms. The third kappa shape index (κ3) is 4.95. The van der Waals surface area contributed by atoms with Crippen molar-refractivity contribution in [2.24, 2.45) is 7.05 Å². The molecule has 0 amide bonds. The number of pyridine rings is 1. The van der Waals surface area contributed by atoms with E-state index in [2.05, 4.69) is 54.2 Å². The van der Waals surface area contributed by atoms with Crippen LogP contribution in [0.3, 0.4) is 0 Å². The summed E-state index contributed by atoms with van der Waals surface area (Å²) in [6, 6.07) is 18.7. The third-order valence-electron chi connectivity index (χ3n) is 3.67. The van der Waals surface area contributed by atoms with Crippen molar-refractivity contribution >= 4 is 20.9 Å². The highest BCUT2D eigenvalue weighted by Crippen LogP contribution is 2.27. The number of nitrogens with zero attached hydrogens (tertiary/aromatic N) is 1. The number of rotatable bonds is 2. The standard InChI is InChI=1S/C17H16NO.CHF3O3S/c1-18-12-15-14(9-6-10-17(15)19-2)11-16(18)13-7-4-3-5-8-13;2-1(3,4)8(5,6)7/h3-12H,1-2H3;(H,5,6,7)/q+1;/p-1. The molecule has 0 saturated carbocycles. The number of alkyl halides is 3. The fourth-order valence-corrected chi connectivity index (χ4v) is 2.41. The summed E-state index contributed by atoms with van der Waals surface area (Å²) in [5.41, 5.74) is -3.23. The van der Waals surface area contributed by atoms with Crippen LogP contribution in [0.5, 0.6) is 5.75 Å². The molecule has 0 atom stereocenters. The highest BCUT2D eigenvalue weighted by atomic mass is 32.2. The van der Waals surface area contributed by atoms with Gasteiger partial charge in [0.1, 0.15) is 12.8 Å². The van der Waals surface area contributed by atoms with Crippen molar-refractivity contribution in [2.75, 3.05) is 7.11 Å². The molecule has 0 aliphatic carbocycles. The monoisotopic (exact) mass is 399 g/mol. The molecular weight excluding hydrogens is 383 g/mol. The van der Waals surface area contributed by atoms with E-state index in [1.165, 1.54) is 16.6 Å². The molecule has 3 aromatic rings. The van der Waals surface area contributed by atoms with E-state index in [1.807, 2.05) is 18.2 Å². The van der Waals surface area contributed by atoms with Crippen LogP contribution in [0.1, 0.15) is 0 Å². The van der Waals surface area contributed by atoms with Gasteiger partial charge in [0.05, 0.1) is 12.5 Å². The van der Waals surface area contributed by atoms with Gasteiger partial charge in [-0.15, -0.1) is 0 Å². The van der Waals surface area contributed by atoms with Gasteiger partial charge in [-0.25, -0.2) is 13.0 Å². The van der Waals surface area contributed by atoms with E-state index in [0.29, 0.717) is 0 Å². The van der Waals surface area contributed by atoms with Crippen LogP contribution >= 0.6 is 0 Å². The van der Waals surface area contributed by atoms with Crippen molar-refractivity contribution in [3.05, 3.63) is 60.8 Å². The highest BCUT2D eigenvalue weighted by molar-refractivity contribution is 7.86. The first-order chi connectivity index (χ1) is 12.5. The van der Waals surface area contributed by atoms with Crippen LogP contribution in [0.15, 0.2) is 60.8 Å². The van der Waals surface area contributed by atoms with Crippen LogP contribution in [0.4, 0.5) is 13.2 Å². The zero-order valence-corrected chi connectivity index (χ0v) is 15.2. The van der Waals surface area contributed by atoms with Gasteiger partial charge in [0.2, 0.25) is 5.69 Å². The molecule has 0 aliphatic heterocycles. The Labute approximate surface area is 154 Å². The van der Waals surface area contributed by atoms with Crippen LogP contribution in [-0.2, 0) is 17.2 Å². The van der Waals surface area contributed by atoms with Gasteiger partial charge in [-0.1, -0.05) is 30.3 Å². The number of fused-ring (bicyclic) bond motifs is 1. The lowest BCUT2D eigenvalue weighted by Crippen LogP contribution is -2.30. The first-order valence-electron chi connectivity index (χ1n) is 7.58. The average Bonchev–Trinajstić information content (AvgIpc) is 2.60. The summed E-state index contributed by atoms with van der Waals surface area (Å²) >= 11 is 0. The average molecular weight is 399 g/mol. The third-order valence-corrected chi connectivity index (χ3v) is 4.23. The summed E-state index contributed by atoms with van der Waals surface area (Å²) < 4.78 is 66.5. The Morgan fingerprint density at radius 3 is 2.15 bits per heavy atom. The Kier molecular flexibility index (Phi) is 6.07. The minimum Gasteiger partial charge on any atom is -0.741 e. The number of hydrogen-bond donors (Lipinski definition) is 0. The van der Waals surface area contributed by atoms with Crippen LogP contribution < -0.4 is 9.30 Å². The first kappa shape index (κ1) is 20.7. The van der Waals surface area contributed by atoms with Crippen molar-refractivity contribution in [1.29, 1.82) is 0 Å². The topological polar surface area (TPSA) is 70.3 Å². The minimum absolute atomic E-state index is 0.910. The molecule has 0 saturated heterocycles. The SMILES string of the molecule is COc1cccc2cc(-c3ccccc3)[n+](C)cc12.O=S(=O)([O-])C(F)(F)F. The minimum atomic E-state index is -6.09. The largest absolute Gasteiger partial charge is 0.741 e. The lowest BCUT2D eigenvalue weighted by molar-refractivity contribution is -0.659. The van der Waals surface area contributed by atoms with Crippen molar-refractivity contribution in [2.45, 2.75) is 5.51 Å². The zero-order chi connectivity index (χ0) is 20.2. The van der Waals surface area contributed by atoms with Gasteiger partial charge in [0, 0.05) is 11.6 Å². The molecule has 2 aromatic carbocycles. The highest BCUT2D eigenvalue weighted by Gasteiger charge is 2.36. The Morgan fingerprint density at radius 2 is 1.63 bits per heavy atom. The molecule has 0 N–H and O–H groups in total. The van der Waals surface area contributed by atoms with E-state index in [-0.39, 0.29) is 0 Å². The van der Waals surface area contributed by atoms with Gasteiger partial charge in [0.15, 0.2) is 16.3 Å². The van der Waals surface area contributed by atoms with E-state index in [4.69, 9.17) is 17.7 Å². The number of hydrogen-bond acceptors (Lipinski definition) is 4. The second-order valence-corrected chi connectivity index (χ2v) is 6.87. The maximum absolute atomic E-state index is 10.7. The molecule has 0 aliphatic rings. The Balaban J connectivity index is 0.000000279. The van der Waals surface area contributed by atoms with E-state index in [0.717, 1.165) is 11.1 Å². The summed E-state index contributed by atoms with van der Waals surface area (Å²) in [7, 11) is -2.32. The summed E-state index contributed by atoms with van der Waals surface area (Å²) in [6.07, 6.45) is 2.12. The molecule has 5 nitrogen and oxygen atoms in total. The van der Waals surface area contributed by atoms with Gasteiger partial charge >= 0.3 is 5.51 Å².